The molecule has 2 unspecified atom stereocenters. The fourth-order valence-corrected chi connectivity index (χ4v) is 4.79. The lowest BCUT2D eigenvalue weighted by Crippen LogP contribution is -2.52. The molecule has 1 saturated heterocycles. The molecular weight excluding hydrogens is 393 g/mol. The number of benzene rings is 3. The second-order valence-corrected chi connectivity index (χ2v) is 8.15. The largest absolute Gasteiger partial charge is 0.445 e. The zero-order chi connectivity index (χ0) is 21.4. The van der Waals surface area contributed by atoms with Crippen LogP contribution in [0.5, 0.6) is 0 Å². The molecule has 2 atom stereocenters. The van der Waals surface area contributed by atoms with Crippen LogP contribution in [0.4, 0.5) is 9.18 Å². The molecule has 3 aromatic carbocycles. The first-order chi connectivity index (χ1) is 15.1. The van der Waals surface area contributed by atoms with Crippen LogP contribution in [0.1, 0.15) is 35.6 Å². The Morgan fingerprint density at radius 2 is 1.71 bits per heavy atom. The van der Waals surface area contributed by atoms with E-state index in [-0.39, 0.29) is 42.8 Å². The minimum absolute atomic E-state index is 0.167. The van der Waals surface area contributed by atoms with E-state index in [1.807, 2.05) is 48.5 Å². The minimum Gasteiger partial charge on any atom is -0.445 e. The fraction of sp³-hybridized carbons (Fsp3) is 0.231. The number of carbonyl (C=O) groups is 2. The van der Waals surface area contributed by atoms with E-state index in [2.05, 4.69) is 0 Å². The van der Waals surface area contributed by atoms with Crippen LogP contribution in [0.15, 0.2) is 72.8 Å². The van der Waals surface area contributed by atoms with Crippen molar-refractivity contribution < 1.29 is 18.7 Å². The van der Waals surface area contributed by atoms with E-state index >= 15 is 0 Å². The van der Waals surface area contributed by atoms with Gasteiger partial charge >= 0.3 is 6.09 Å². The molecule has 31 heavy (non-hydrogen) atoms. The normalized spacial score (nSPS) is 19.6. The van der Waals surface area contributed by atoms with Crippen molar-refractivity contribution in [2.45, 2.75) is 38.0 Å². The van der Waals surface area contributed by atoms with Gasteiger partial charge in [0, 0.05) is 18.9 Å². The molecule has 2 heterocycles. The smallest absolute Gasteiger partial charge is 0.410 e. The zero-order valence-corrected chi connectivity index (χ0v) is 17.0. The van der Waals surface area contributed by atoms with E-state index in [4.69, 9.17) is 4.74 Å². The highest BCUT2D eigenvalue weighted by molar-refractivity contribution is 5.85. The van der Waals surface area contributed by atoms with E-state index in [1.165, 1.54) is 12.1 Å². The van der Waals surface area contributed by atoms with Gasteiger partial charge in [-0.1, -0.05) is 60.7 Å². The van der Waals surface area contributed by atoms with Gasteiger partial charge in [-0.2, -0.15) is 0 Å². The summed E-state index contributed by atoms with van der Waals surface area (Å²) < 4.78 is 19.0. The molecule has 0 aliphatic carbocycles. The Hall–Kier alpha value is -3.47. The average Bonchev–Trinajstić information content (AvgIpc) is 2.78. The molecule has 1 amide bonds. The lowest BCUT2D eigenvalue weighted by molar-refractivity contribution is -0.125. The SMILES string of the molecule is O=C1CC2Cc3c(-c4ccc(F)cc4)cccc3C(C1)N2C(=O)OCc1ccccc1. The first-order valence-corrected chi connectivity index (χ1v) is 10.5. The Morgan fingerprint density at radius 3 is 2.48 bits per heavy atom. The summed E-state index contributed by atoms with van der Waals surface area (Å²) in [6.07, 6.45) is 0.806. The van der Waals surface area contributed by atoms with Crippen molar-refractivity contribution in [1.29, 1.82) is 0 Å². The molecular formula is C26H22FNO3. The number of ketones is 1. The first-order valence-electron chi connectivity index (χ1n) is 10.5. The summed E-state index contributed by atoms with van der Waals surface area (Å²) in [6.45, 7) is 0.200. The van der Waals surface area contributed by atoms with Crippen LogP contribution in [0.25, 0.3) is 11.1 Å². The van der Waals surface area contributed by atoms with Gasteiger partial charge in [-0.3, -0.25) is 9.69 Å². The maximum absolute atomic E-state index is 13.4. The monoisotopic (exact) mass is 415 g/mol. The van der Waals surface area contributed by atoms with Crippen molar-refractivity contribution in [3.8, 4) is 11.1 Å². The molecule has 0 spiro atoms. The van der Waals surface area contributed by atoms with Crippen LogP contribution >= 0.6 is 0 Å². The number of carbonyl (C=O) groups excluding carboxylic acids is 2. The standard InChI is InChI=1S/C26H22FNO3/c27-19-11-9-18(10-12-19)22-7-4-8-23-24(22)14-20-13-21(29)15-25(23)28(20)26(30)31-16-17-5-2-1-3-6-17/h1-12,20,25H,13-16H2. The highest BCUT2D eigenvalue weighted by Crippen LogP contribution is 2.44. The summed E-state index contributed by atoms with van der Waals surface area (Å²) in [4.78, 5) is 27.2. The van der Waals surface area contributed by atoms with E-state index in [0.29, 0.717) is 12.8 Å². The number of halogens is 1. The Bertz CT molecular complexity index is 1130. The Kier molecular flexibility index (Phi) is 5.02. The molecule has 5 rings (SSSR count). The number of piperidine rings is 1. The highest BCUT2D eigenvalue weighted by atomic mass is 19.1. The number of nitrogens with zero attached hydrogens (tertiary/aromatic N) is 1. The topological polar surface area (TPSA) is 46.6 Å². The molecule has 5 heteroatoms. The van der Waals surface area contributed by atoms with Crippen molar-refractivity contribution in [3.05, 3.63) is 95.3 Å². The third-order valence-corrected chi connectivity index (χ3v) is 6.20. The van der Waals surface area contributed by atoms with Gasteiger partial charge in [-0.15, -0.1) is 0 Å². The predicted molar refractivity (Wildman–Crippen MR) is 115 cm³/mol. The van der Waals surface area contributed by atoms with Gasteiger partial charge in [-0.25, -0.2) is 9.18 Å². The molecule has 4 nitrogen and oxygen atoms in total. The Balaban J connectivity index is 1.47. The fourth-order valence-electron chi connectivity index (χ4n) is 4.79. The van der Waals surface area contributed by atoms with Gasteiger partial charge < -0.3 is 4.74 Å². The van der Waals surface area contributed by atoms with Crippen LogP contribution in [-0.4, -0.2) is 22.8 Å². The van der Waals surface area contributed by atoms with E-state index in [9.17, 15) is 14.0 Å². The lowest BCUT2D eigenvalue weighted by Gasteiger charge is -2.46. The number of hydrogen-bond acceptors (Lipinski definition) is 3. The predicted octanol–water partition coefficient (Wildman–Crippen LogP) is 5.46. The van der Waals surface area contributed by atoms with E-state index in [1.54, 1.807) is 17.0 Å². The maximum Gasteiger partial charge on any atom is 0.410 e. The molecule has 2 bridgehead atoms. The quantitative estimate of drug-likeness (QED) is 0.571. The second kappa shape index (κ2) is 7.99. The van der Waals surface area contributed by atoms with Crippen LogP contribution in [0.2, 0.25) is 0 Å². The summed E-state index contributed by atoms with van der Waals surface area (Å²) in [7, 11) is 0. The van der Waals surface area contributed by atoms with Gasteiger partial charge in [0.25, 0.3) is 0 Å². The molecule has 0 radical (unpaired) electrons. The van der Waals surface area contributed by atoms with Crippen molar-refractivity contribution in [2.75, 3.05) is 0 Å². The molecule has 0 N–H and O–H groups in total. The molecule has 3 aromatic rings. The molecule has 1 fully saturated rings. The third kappa shape index (κ3) is 3.72. The highest BCUT2D eigenvalue weighted by Gasteiger charge is 2.44. The van der Waals surface area contributed by atoms with Crippen molar-refractivity contribution >= 4 is 11.9 Å². The average molecular weight is 415 g/mol. The van der Waals surface area contributed by atoms with Crippen molar-refractivity contribution in [2.24, 2.45) is 0 Å². The number of rotatable bonds is 3. The van der Waals surface area contributed by atoms with Crippen LogP contribution < -0.4 is 0 Å². The third-order valence-electron chi connectivity index (χ3n) is 6.20. The Morgan fingerprint density at radius 1 is 0.935 bits per heavy atom. The molecule has 0 saturated carbocycles. The van der Waals surface area contributed by atoms with Crippen LogP contribution in [0.3, 0.4) is 0 Å². The van der Waals surface area contributed by atoms with Crippen molar-refractivity contribution in [1.82, 2.24) is 4.90 Å². The molecule has 0 aromatic heterocycles. The van der Waals surface area contributed by atoms with Crippen LogP contribution in [-0.2, 0) is 22.6 Å². The number of ether oxygens (including phenoxy) is 1. The lowest BCUT2D eigenvalue weighted by atomic mass is 9.77. The minimum atomic E-state index is -0.385. The molecule has 156 valence electrons. The summed E-state index contributed by atoms with van der Waals surface area (Å²) in [5, 5.41) is 0. The van der Waals surface area contributed by atoms with E-state index in [0.717, 1.165) is 27.8 Å². The van der Waals surface area contributed by atoms with Gasteiger partial charge in [0.05, 0.1) is 6.04 Å². The van der Waals surface area contributed by atoms with Gasteiger partial charge in [-0.05, 0) is 46.4 Å². The molecule has 2 aliphatic heterocycles. The number of amides is 1. The molecule has 2 aliphatic rings. The van der Waals surface area contributed by atoms with Gasteiger partial charge in [0.15, 0.2) is 0 Å². The second-order valence-electron chi connectivity index (χ2n) is 8.15. The summed E-state index contributed by atoms with van der Waals surface area (Å²) in [6, 6.07) is 21.4. The van der Waals surface area contributed by atoms with Crippen molar-refractivity contribution in [3.63, 3.8) is 0 Å². The van der Waals surface area contributed by atoms with Crippen LogP contribution in [0, 0.1) is 5.82 Å². The van der Waals surface area contributed by atoms with E-state index < -0.39 is 0 Å². The summed E-state index contributed by atoms with van der Waals surface area (Å²) >= 11 is 0. The first kappa shape index (κ1) is 19.5. The maximum atomic E-state index is 13.4. The number of hydrogen-bond donors (Lipinski definition) is 0. The summed E-state index contributed by atoms with van der Waals surface area (Å²) in [5.74, 6) is -0.108. The number of Topliss-reactive ketones (excluding diaryl/α,β-unsaturated/α-hetero) is 1. The van der Waals surface area contributed by atoms with Gasteiger partial charge in [0.2, 0.25) is 0 Å². The zero-order valence-electron chi connectivity index (χ0n) is 17.0. The van der Waals surface area contributed by atoms with Gasteiger partial charge in [0.1, 0.15) is 18.2 Å². The Labute approximate surface area is 180 Å². The summed E-state index contributed by atoms with van der Waals surface area (Å²) in [5.41, 5.74) is 4.99. The number of fused-ring (bicyclic) bond motifs is 4.